The lowest BCUT2D eigenvalue weighted by Crippen LogP contribution is -2.11. The summed E-state index contributed by atoms with van der Waals surface area (Å²) in [7, 11) is 0. The quantitative estimate of drug-likeness (QED) is 0.645. The third-order valence-corrected chi connectivity index (χ3v) is 2.07. The normalized spacial score (nSPS) is 9.89. The van der Waals surface area contributed by atoms with Gasteiger partial charge in [0.05, 0.1) is 21.1 Å². The average molecular weight is 250 g/mol. The number of benzene rings is 1. The number of nitriles is 1. The molecular formula is C10H10N4O4. The molecule has 1 aromatic carbocycles. The van der Waals surface area contributed by atoms with Crippen molar-refractivity contribution in [2.24, 2.45) is 0 Å². The van der Waals surface area contributed by atoms with Crippen LogP contribution >= 0.6 is 0 Å². The number of nitro benzene ring substituents is 2. The molecule has 1 N–H and O–H groups in total. The second-order valence-electron chi connectivity index (χ2n) is 3.81. The molecule has 0 fully saturated rings. The van der Waals surface area contributed by atoms with Gasteiger partial charge in [-0.1, -0.05) is 0 Å². The number of hydrogen-bond donors (Lipinski definition) is 1. The van der Waals surface area contributed by atoms with E-state index in [0.717, 1.165) is 12.1 Å². The second-order valence-corrected chi connectivity index (χ2v) is 3.81. The first kappa shape index (κ1) is 13.4. The van der Waals surface area contributed by atoms with Crippen LogP contribution in [-0.4, -0.2) is 15.9 Å². The molecule has 0 spiro atoms. The number of nitrogens with one attached hydrogen (secondary N) is 1. The highest BCUT2D eigenvalue weighted by Gasteiger charge is 2.27. The minimum atomic E-state index is -0.877. The molecule has 0 radical (unpaired) electrons. The molecule has 1 aromatic rings. The minimum absolute atomic E-state index is 0.000926. The Hall–Kier alpha value is -2.69. The predicted molar refractivity (Wildman–Crippen MR) is 63.2 cm³/mol. The van der Waals surface area contributed by atoms with Crippen molar-refractivity contribution in [3.05, 3.63) is 37.9 Å². The third kappa shape index (κ3) is 2.70. The van der Waals surface area contributed by atoms with Gasteiger partial charge in [-0.3, -0.25) is 20.2 Å². The Kier molecular flexibility index (Phi) is 3.78. The Morgan fingerprint density at radius 2 is 1.72 bits per heavy atom. The molecule has 0 saturated carbocycles. The molecule has 0 amide bonds. The van der Waals surface area contributed by atoms with E-state index in [9.17, 15) is 20.2 Å². The molecule has 18 heavy (non-hydrogen) atoms. The molecule has 8 nitrogen and oxygen atoms in total. The van der Waals surface area contributed by atoms with E-state index in [4.69, 9.17) is 5.26 Å². The van der Waals surface area contributed by atoms with Crippen molar-refractivity contribution in [3.63, 3.8) is 0 Å². The Balaban J connectivity index is 3.47. The number of anilines is 1. The summed E-state index contributed by atoms with van der Waals surface area (Å²) >= 11 is 0. The van der Waals surface area contributed by atoms with Gasteiger partial charge in [-0.2, -0.15) is 5.26 Å². The van der Waals surface area contributed by atoms with E-state index in [2.05, 4.69) is 5.32 Å². The standard InChI is InChI=1S/C10H10N4O4/c1-6(2)12-8-4-10(14(17)18)9(13(15)16)3-7(8)5-11/h3-4,6,12H,1-2H3. The highest BCUT2D eigenvalue weighted by molar-refractivity contribution is 5.69. The first-order valence-electron chi connectivity index (χ1n) is 5.00. The molecule has 0 heterocycles. The fourth-order valence-electron chi connectivity index (χ4n) is 1.39. The van der Waals surface area contributed by atoms with Crippen LogP contribution in [0.15, 0.2) is 12.1 Å². The molecule has 94 valence electrons. The Morgan fingerprint density at radius 3 is 2.11 bits per heavy atom. The molecule has 1 rings (SSSR count). The predicted octanol–water partition coefficient (Wildman–Crippen LogP) is 2.19. The maximum absolute atomic E-state index is 10.8. The SMILES string of the molecule is CC(C)Nc1cc([N+](=O)[O-])c([N+](=O)[O-])cc1C#N. The zero-order chi connectivity index (χ0) is 13.9. The van der Waals surface area contributed by atoms with Gasteiger partial charge in [0.25, 0.3) is 0 Å². The number of rotatable bonds is 4. The van der Waals surface area contributed by atoms with Gasteiger partial charge in [0, 0.05) is 18.2 Å². The van der Waals surface area contributed by atoms with E-state index in [1.807, 2.05) is 0 Å². The van der Waals surface area contributed by atoms with Crippen molar-refractivity contribution < 1.29 is 9.85 Å². The first-order chi connectivity index (χ1) is 8.36. The zero-order valence-electron chi connectivity index (χ0n) is 9.71. The zero-order valence-corrected chi connectivity index (χ0v) is 9.71. The van der Waals surface area contributed by atoms with Crippen LogP contribution in [0.2, 0.25) is 0 Å². The maximum Gasteiger partial charge on any atom is 0.348 e. The monoisotopic (exact) mass is 250 g/mol. The molecule has 0 aliphatic carbocycles. The van der Waals surface area contributed by atoms with E-state index < -0.39 is 21.2 Å². The van der Waals surface area contributed by atoms with Crippen LogP contribution in [0, 0.1) is 31.6 Å². The fourth-order valence-corrected chi connectivity index (χ4v) is 1.39. The highest BCUT2D eigenvalue weighted by Crippen LogP contribution is 2.32. The summed E-state index contributed by atoms with van der Waals surface area (Å²) in [6.07, 6.45) is 0. The van der Waals surface area contributed by atoms with Crippen LogP contribution in [0.4, 0.5) is 17.1 Å². The molecule has 8 heteroatoms. The topological polar surface area (TPSA) is 122 Å². The van der Waals surface area contributed by atoms with Gasteiger partial charge >= 0.3 is 11.4 Å². The Labute approximate surface area is 102 Å². The molecule has 0 saturated heterocycles. The van der Waals surface area contributed by atoms with E-state index in [1.54, 1.807) is 19.9 Å². The van der Waals surface area contributed by atoms with Gasteiger partial charge in [0.15, 0.2) is 0 Å². The summed E-state index contributed by atoms with van der Waals surface area (Å²) in [6, 6.07) is 3.63. The van der Waals surface area contributed by atoms with Gasteiger partial charge in [0.1, 0.15) is 6.07 Å². The molecule has 0 aliphatic rings. The minimum Gasteiger partial charge on any atom is -0.382 e. The first-order valence-corrected chi connectivity index (χ1v) is 5.00. The van der Waals surface area contributed by atoms with Crippen molar-refractivity contribution in [2.75, 3.05) is 5.32 Å². The summed E-state index contributed by atoms with van der Waals surface area (Å²) in [5.74, 6) is 0. The van der Waals surface area contributed by atoms with Gasteiger partial charge < -0.3 is 5.32 Å². The van der Waals surface area contributed by atoms with Crippen LogP contribution in [0.25, 0.3) is 0 Å². The maximum atomic E-state index is 10.8. The second kappa shape index (κ2) is 5.09. The van der Waals surface area contributed by atoms with Crippen molar-refractivity contribution >= 4 is 17.1 Å². The fraction of sp³-hybridized carbons (Fsp3) is 0.300. The van der Waals surface area contributed by atoms with Crippen LogP contribution in [0.1, 0.15) is 19.4 Å². The van der Waals surface area contributed by atoms with Crippen LogP contribution in [0.5, 0.6) is 0 Å². The van der Waals surface area contributed by atoms with E-state index in [0.29, 0.717) is 0 Å². The van der Waals surface area contributed by atoms with E-state index in [1.165, 1.54) is 0 Å². The van der Waals surface area contributed by atoms with Gasteiger partial charge in [-0.15, -0.1) is 0 Å². The van der Waals surface area contributed by atoms with Crippen LogP contribution in [0.3, 0.4) is 0 Å². The van der Waals surface area contributed by atoms with Gasteiger partial charge in [-0.25, -0.2) is 0 Å². The van der Waals surface area contributed by atoms with Crippen LogP contribution in [-0.2, 0) is 0 Å². The Bertz CT molecular complexity index is 548. The van der Waals surface area contributed by atoms with E-state index >= 15 is 0 Å². The third-order valence-electron chi connectivity index (χ3n) is 2.07. The van der Waals surface area contributed by atoms with Crippen molar-refractivity contribution in [3.8, 4) is 6.07 Å². The summed E-state index contributed by atoms with van der Waals surface area (Å²) in [4.78, 5) is 19.7. The lowest BCUT2D eigenvalue weighted by Gasteiger charge is -2.11. The molecule has 0 unspecified atom stereocenters. The lowest BCUT2D eigenvalue weighted by molar-refractivity contribution is -0.422. The molecule has 0 aliphatic heterocycles. The van der Waals surface area contributed by atoms with Gasteiger partial charge in [0.2, 0.25) is 0 Å². The Morgan fingerprint density at radius 1 is 1.22 bits per heavy atom. The number of hydrogen-bond acceptors (Lipinski definition) is 6. The van der Waals surface area contributed by atoms with Gasteiger partial charge in [-0.05, 0) is 13.8 Å². The number of nitro groups is 2. The average Bonchev–Trinajstić information content (AvgIpc) is 2.27. The lowest BCUT2D eigenvalue weighted by atomic mass is 10.1. The summed E-state index contributed by atoms with van der Waals surface area (Å²) in [5.41, 5.74) is -1.11. The van der Waals surface area contributed by atoms with Crippen molar-refractivity contribution in [1.82, 2.24) is 0 Å². The molecule has 0 bridgehead atoms. The molecule has 0 aromatic heterocycles. The van der Waals surface area contributed by atoms with Crippen molar-refractivity contribution in [1.29, 1.82) is 5.26 Å². The largest absolute Gasteiger partial charge is 0.382 e. The van der Waals surface area contributed by atoms with Crippen LogP contribution < -0.4 is 5.32 Å². The molecule has 0 atom stereocenters. The smallest absolute Gasteiger partial charge is 0.348 e. The molecular weight excluding hydrogens is 240 g/mol. The highest BCUT2D eigenvalue weighted by atomic mass is 16.6. The summed E-state index contributed by atoms with van der Waals surface area (Å²) < 4.78 is 0. The summed E-state index contributed by atoms with van der Waals surface area (Å²) in [5, 5.41) is 33.2. The summed E-state index contributed by atoms with van der Waals surface area (Å²) in [6.45, 7) is 3.57. The number of nitrogens with zero attached hydrogens (tertiary/aromatic N) is 3. The van der Waals surface area contributed by atoms with E-state index in [-0.39, 0.29) is 17.3 Å². The van der Waals surface area contributed by atoms with Crippen molar-refractivity contribution in [2.45, 2.75) is 19.9 Å².